The third-order valence-electron chi connectivity index (χ3n) is 7.75. The van der Waals surface area contributed by atoms with Gasteiger partial charge in [-0.2, -0.15) is 0 Å². The minimum atomic E-state index is -0.713. The van der Waals surface area contributed by atoms with E-state index in [2.05, 4.69) is 58.5 Å². The van der Waals surface area contributed by atoms with Crippen LogP contribution in [0.5, 0.6) is 5.75 Å². The first-order chi connectivity index (χ1) is 20.7. The van der Waals surface area contributed by atoms with Crippen LogP contribution < -0.4 is 4.74 Å². The summed E-state index contributed by atoms with van der Waals surface area (Å²) in [6.45, 7) is 8.31. The third-order valence-corrected chi connectivity index (χ3v) is 7.75. The van der Waals surface area contributed by atoms with Gasteiger partial charge in [-0.05, 0) is 87.6 Å². The molecule has 0 radical (unpaired) electrons. The second-order valence-corrected chi connectivity index (χ2v) is 12.3. The number of imidazole rings is 2. The standard InChI is InChI=1S/C36H34N4O3/c1-23-19-27(29-22-39-18-8-7-11-32(39)37-29)20-30-33(23)38-34(26-16-17-26)40(30)21-24-12-14-25(15-13-24)28-9-5-6-10-31(28)42-35(41)43-36(2,3)4/h5-15,18-20,22,26H,16-17,21H2,1-4H3. The molecule has 1 aliphatic rings. The van der Waals surface area contributed by atoms with E-state index in [9.17, 15) is 4.79 Å². The van der Waals surface area contributed by atoms with E-state index in [1.54, 1.807) is 6.07 Å². The Labute approximate surface area is 250 Å². The maximum Gasteiger partial charge on any atom is 0.514 e. The third kappa shape index (κ3) is 5.50. The van der Waals surface area contributed by atoms with Crippen molar-refractivity contribution < 1.29 is 14.3 Å². The number of pyridine rings is 1. The van der Waals surface area contributed by atoms with Crippen molar-refractivity contribution in [3.8, 4) is 28.1 Å². The van der Waals surface area contributed by atoms with Crippen LogP contribution in [0.1, 0.15) is 56.5 Å². The summed E-state index contributed by atoms with van der Waals surface area (Å²) < 4.78 is 15.4. The molecule has 0 amide bonds. The van der Waals surface area contributed by atoms with Gasteiger partial charge in [0, 0.05) is 36.0 Å². The van der Waals surface area contributed by atoms with Crippen LogP contribution in [0.25, 0.3) is 39.1 Å². The van der Waals surface area contributed by atoms with Crippen molar-refractivity contribution in [1.29, 1.82) is 0 Å². The second-order valence-electron chi connectivity index (χ2n) is 12.3. The molecule has 1 aliphatic carbocycles. The summed E-state index contributed by atoms with van der Waals surface area (Å²) in [7, 11) is 0. The Balaban J connectivity index is 1.21. The fourth-order valence-corrected chi connectivity index (χ4v) is 5.58. The van der Waals surface area contributed by atoms with Crippen LogP contribution in [0.15, 0.2) is 91.3 Å². The number of para-hydroxylation sites is 1. The van der Waals surface area contributed by atoms with Crippen LogP contribution in [0.4, 0.5) is 4.79 Å². The molecular weight excluding hydrogens is 536 g/mol. The van der Waals surface area contributed by atoms with Gasteiger partial charge in [0.1, 0.15) is 22.8 Å². The number of hydrogen-bond donors (Lipinski definition) is 0. The van der Waals surface area contributed by atoms with E-state index in [1.807, 2.05) is 63.4 Å². The second kappa shape index (κ2) is 10.4. The topological polar surface area (TPSA) is 70.7 Å². The van der Waals surface area contributed by atoms with Gasteiger partial charge in [0.2, 0.25) is 0 Å². The summed E-state index contributed by atoms with van der Waals surface area (Å²) in [5.74, 6) is 2.13. The minimum Gasteiger partial charge on any atom is -0.428 e. The summed E-state index contributed by atoms with van der Waals surface area (Å²) in [6, 6.07) is 26.5. The molecule has 3 aromatic heterocycles. The van der Waals surface area contributed by atoms with Crippen molar-refractivity contribution in [3.63, 3.8) is 0 Å². The van der Waals surface area contributed by atoms with E-state index in [4.69, 9.17) is 19.4 Å². The molecule has 0 bridgehead atoms. The number of hydrogen-bond acceptors (Lipinski definition) is 5. The molecule has 1 fully saturated rings. The van der Waals surface area contributed by atoms with Crippen molar-refractivity contribution in [3.05, 3.63) is 108 Å². The molecule has 0 N–H and O–H groups in total. The zero-order valence-corrected chi connectivity index (χ0v) is 24.9. The largest absolute Gasteiger partial charge is 0.514 e. The van der Waals surface area contributed by atoms with Crippen molar-refractivity contribution in [2.45, 2.75) is 58.6 Å². The number of nitrogens with zero attached hydrogens (tertiary/aromatic N) is 4. The number of ether oxygens (including phenoxy) is 2. The average Bonchev–Trinajstić information content (AvgIpc) is 3.61. The summed E-state index contributed by atoms with van der Waals surface area (Å²) in [5.41, 5.74) is 8.66. The Morgan fingerprint density at radius 1 is 0.930 bits per heavy atom. The average molecular weight is 571 g/mol. The Kier molecular flexibility index (Phi) is 6.53. The first-order valence-corrected chi connectivity index (χ1v) is 14.8. The number of aryl methyl sites for hydroxylation is 1. The molecule has 3 heterocycles. The molecule has 6 aromatic rings. The normalized spacial score (nSPS) is 13.5. The summed E-state index contributed by atoms with van der Waals surface area (Å²) in [5, 5.41) is 0. The molecule has 0 unspecified atom stereocenters. The Bertz CT molecular complexity index is 1940. The summed E-state index contributed by atoms with van der Waals surface area (Å²) in [6.07, 6.45) is 5.75. The van der Waals surface area contributed by atoms with Crippen molar-refractivity contribution in [1.82, 2.24) is 18.9 Å². The van der Waals surface area contributed by atoms with Gasteiger partial charge in [-0.1, -0.05) is 48.5 Å². The van der Waals surface area contributed by atoms with Gasteiger partial charge in [0.25, 0.3) is 0 Å². The van der Waals surface area contributed by atoms with E-state index in [0.717, 1.165) is 50.5 Å². The molecule has 1 saturated carbocycles. The quantitative estimate of drug-likeness (QED) is 0.148. The zero-order valence-electron chi connectivity index (χ0n) is 24.9. The van der Waals surface area contributed by atoms with E-state index in [-0.39, 0.29) is 0 Å². The molecule has 0 saturated heterocycles. The lowest BCUT2D eigenvalue weighted by Gasteiger charge is -2.19. The lowest BCUT2D eigenvalue weighted by molar-refractivity contribution is 0.0207. The molecule has 3 aromatic carbocycles. The Morgan fingerprint density at radius 3 is 2.44 bits per heavy atom. The number of rotatable bonds is 6. The molecule has 0 atom stereocenters. The van der Waals surface area contributed by atoms with Gasteiger partial charge >= 0.3 is 6.16 Å². The molecule has 0 aliphatic heterocycles. The maximum atomic E-state index is 12.4. The van der Waals surface area contributed by atoms with E-state index in [1.165, 1.54) is 18.4 Å². The zero-order chi connectivity index (χ0) is 29.7. The molecule has 0 spiro atoms. The fraction of sp³-hybridized carbons (Fsp3) is 0.250. The van der Waals surface area contributed by atoms with Crippen LogP contribution in [0.3, 0.4) is 0 Å². The fourth-order valence-electron chi connectivity index (χ4n) is 5.58. The van der Waals surface area contributed by atoms with Crippen LogP contribution in [0.2, 0.25) is 0 Å². The van der Waals surface area contributed by atoms with Crippen LogP contribution in [-0.2, 0) is 11.3 Å². The number of fused-ring (bicyclic) bond motifs is 2. The smallest absolute Gasteiger partial charge is 0.428 e. The van der Waals surface area contributed by atoms with E-state index in [0.29, 0.717) is 18.2 Å². The van der Waals surface area contributed by atoms with Gasteiger partial charge in [-0.15, -0.1) is 0 Å². The van der Waals surface area contributed by atoms with Gasteiger partial charge in [0.15, 0.2) is 0 Å². The molecule has 43 heavy (non-hydrogen) atoms. The monoisotopic (exact) mass is 570 g/mol. The van der Waals surface area contributed by atoms with Crippen LogP contribution in [-0.4, -0.2) is 30.7 Å². The number of carbonyl (C=O) groups is 1. The lowest BCUT2D eigenvalue weighted by Crippen LogP contribution is -2.26. The Hall–Kier alpha value is -4.91. The highest BCUT2D eigenvalue weighted by molar-refractivity contribution is 5.86. The predicted molar refractivity (Wildman–Crippen MR) is 168 cm³/mol. The van der Waals surface area contributed by atoms with Crippen molar-refractivity contribution in [2.75, 3.05) is 0 Å². The lowest BCUT2D eigenvalue weighted by atomic mass is 10.0. The minimum absolute atomic E-state index is 0.469. The predicted octanol–water partition coefficient (Wildman–Crippen LogP) is 8.57. The molecule has 216 valence electrons. The summed E-state index contributed by atoms with van der Waals surface area (Å²) in [4.78, 5) is 22.4. The highest BCUT2D eigenvalue weighted by Gasteiger charge is 2.30. The highest BCUT2D eigenvalue weighted by Crippen LogP contribution is 2.42. The van der Waals surface area contributed by atoms with Crippen molar-refractivity contribution in [2.24, 2.45) is 0 Å². The molecule has 7 nitrogen and oxygen atoms in total. The van der Waals surface area contributed by atoms with E-state index >= 15 is 0 Å². The van der Waals surface area contributed by atoms with Gasteiger partial charge < -0.3 is 18.4 Å². The first kappa shape index (κ1) is 27.0. The number of benzene rings is 3. The highest BCUT2D eigenvalue weighted by atomic mass is 16.7. The van der Waals surface area contributed by atoms with Crippen molar-refractivity contribution >= 4 is 22.8 Å². The number of aromatic nitrogens is 4. The summed E-state index contributed by atoms with van der Waals surface area (Å²) >= 11 is 0. The molecular formula is C36H34N4O3. The van der Waals surface area contributed by atoms with E-state index < -0.39 is 11.8 Å². The number of carbonyl (C=O) groups excluding carboxylic acids is 1. The van der Waals surface area contributed by atoms with Gasteiger partial charge in [0.05, 0.1) is 16.7 Å². The van der Waals surface area contributed by atoms with Crippen LogP contribution >= 0.6 is 0 Å². The Morgan fingerprint density at radius 2 is 1.70 bits per heavy atom. The molecule has 7 rings (SSSR count). The molecule has 7 heteroatoms. The SMILES string of the molecule is Cc1cc(-c2cn3ccccc3n2)cc2c1nc(C1CC1)n2Cc1ccc(-c2ccccc2OC(=O)OC(C)(C)C)cc1. The van der Waals surface area contributed by atoms with Gasteiger partial charge in [-0.25, -0.2) is 14.8 Å². The maximum absolute atomic E-state index is 12.4. The van der Waals surface area contributed by atoms with Gasteiger partial charge in [-0.3, -0.25) is 0 Å². The first-order valence-electron chi connectivity index (χ1n) is 14.8. The van der Waals surface area contributed by atoms with Crippen LogP contribution in [0, 0.1) is 6.92 Å².